The van der Waals surface area contributed by atoms with Gasteiger partial charge in [-0.1, -0.05) is 12.1 Å². The Bertz CT molecular complexity index is 739. The predicted molar refractivity (Wildman–Crippen MR) is 122 cm³/mol. The number of nitrogens with one attached hydrogen (secondary N) is 1. The molecule has 1 aliphatic rings. The number of aliphatic imine (C=N–C) groups is 1. The fourth-order valence-electron chi connectivity index (χ4n) is 3.56. The van der Waals surface area contributed by atoms with Gasteiger partial charge in [0.1, 0.15) is 5.82 Å². The molecule has 150 valence electrons. The van der Waals surface area contributed by atoms with Crippen LogP contribution in [0.25, 0.3) is 11.0 Å². The van der Waals surface area contributed by atoms with Gasteiger partial charge >= 0.3 is 0 Å². The minimum Gasteiger partial charge on any atom is -0.381 e. The standard InChI is InChI=1S/C20H31N5O.HI/c1-4-21-20(24(3)14-17-10-13-26-15-17)22-11-7-12-25-16(2)23-18-8-5-6-9-19(18)25;/h5-6,8-9,17H,4,7,10-15H2,1-3H3,(H,21,22);1H. The fourth-order valence-corrected chi connectivity index (χ4v) is 3.56. The van der Waals surface area contributed by atoms with Crippen LogP contribution in [0.4, 0.5) is 0 Å². The van der Waals surface area contributed by atoms with Crippen LogP contribution in [0.3, 0.4) is 0 Å². The molecule has 1 aliphatic heterocycles. The maximum absolute atomic E-state index is 5.49. The molecule has 0 bridgehead atoms. The minimum atomic E-state index is 0. The highest BCUT2D eigenvalue weighted by molar-refractivity contribution is 14.0. The van der Waals surface area contributed by atoms with Gasteiger partial charge in [0.05, 0.1) is 17.6 Å². The molecule has 1 saturated heterocycles. The average Bonchev–Trinajstić information content (AvgIpc) is 3.25. The molecule has 1 aromatic carbocycles. The van der Waals surface area contributed by atoms with E-state index in [1.807, 2.05) is 6.07 Å². The van der Waals surface area contributed by atoms with Crippen LogP contribution in [-0.4, -0.2) is 60.3 Å². The molecule has 2 aromatic rings. The summed E-state index contributed by atoms with van der Waals surface area (Å²) in [7, 11) is 2.12. The van der Waals surface area contributed by atoms with Crippen molar-refractivity contribution in [2.75, 3.05) is 39.9 Å². The molecular formula is C20H32IN5O. The molecule has 6 nitrogen and oxygen atoms in total. The lowest BCUT2D eigenvalue weighted by Gasteiger charge is -2.24. The Morgan fingerprint density at radius 1 is 1.41 bits per heavy atom. The number of halogens is 1. The summed E-state index contributed by atoms with van der Waals surface area (Å²) in [6.07, 6.45) is 2.15. The van der Waals surface area contributed by atoms with E-state index in [0.29, 0.717) is 5.92 Å². The molecule has 0 spiro atoms. The van der Waals surface area contributed by atoms with E-state index in [9.17, 15) is 0 Å². The van der Waals surface area contributed by atoms with Gasteiger partial charge in [0.2, 0.25) is 0 Å². The van der Waals surface area contributed by atoms with Gasteiger partial charge in [-0.3, -0.25) is 4.99 Å². The number of benzene rings is 1. The highest BCUT2D eigenvalue weighted by Crippen LogP contribution is 2.16. The van der Waals surface area contributed by atoms with Crippen LogP contribution < -0.4 is 5.32 Å². The number of para-hydroxylation sites is 2. The molecule has 1 atom stereocenters. The molecule has 3 rings (SSSR count). The summed E-state index contributed by atoms with van der Waals surface area (Å²) in [5.41, 5.74) is 2.28. The normalized spacial score (nSPS) is 17.1. The van der Waals surface area contributed by atoms with Crippen molar-refractivity contribution in [3.05, 3.63) is 30.1 Å². The van der Waals surface area contributed by atoms with Crippen LogP contribution in [0.2, 0.25) is 0 Å². The average molecular weight is 485 g/mol. The first kappa shape index (κ1) is 21.9. The molecular weight excluding hydrogens is 453 g/mol. The Kier molecular flexibility index (Phi) is 8.82. The Labute approximate surface area is 179 Å². The summed E-state index contributed by atoms with van der Waals surface area (Å²) < 4.78 is 7.78. The number of hydrogen-bond acceptors (Lipinski definition) is 3. The number of aryl methyl sites for hydroxylation is 2. The zero-order valence-electron chi connectivity index (χ0n) is 16.6. The lowest BCUT2D eigenvalue weighted by molar-refractivity contribution is 0.181. The number of imidazole rings is 1. The molecule has 27 heavy (non-hydrogen) atoms. The highest BCUT2D eigenvalue weighted by atomic mass is 127. The second kappa shape index (κ2) is 10.8. The maximum Gasteiger partial charge on any atom is 0.193 e. The summed E-state index contributed by atoms with van der Waals surface area (Å²) in [5, 5.41) is 3.41. The van der Waals surface area contributed by atoms with Gasteiger partial charge < -0.3 is 19.5 Å². The molecule has 2 heterocycles. The van der Waals surface area contributed by atoms with Crippen LogP contribution in [-0.2, 0) is 11.3 Å². The summed E-state index contributed by atoms with van der Waals surface area (Å²) in [6.45, 7) is 9.58. The van der Waals surface area contributed by atoms with E-state index in [1.54, 1.807) is 0 Å². The molecule has 1 fully saturated rings. The van der Waals surface area contributed by atoms with Crippen molar-refractivity contribution in [1.82, 2.24) is 19.8 Å². The Hall–Kier alpha value is -1.35. The Balaban J connectivity index is 0.00000261. The molecule has 0 radical (unpaired) electrons. The van der Waals surface area contributed by atoms with Gasteiger partial charge in [0.15, 0.2) is 5.96 Å². The van der Waals surface area contributed by atoms with Crippen LogP contribution in [0.5, 0.6) is 0 Å². The number of guanidine groups is 1. The van der Waals surface area contributed by atoms with Crippen molar-refractivity contribution in [2.45, 2.75) is 33.2 Å². The monoisotopic (exact) mass is 485 g/mol. The van der Waals surface area contributed by atoms with E-state index < -0.39 is 0 Å². The first-order valence-corrected chi connectivity index (χ1v) is 9.68. The van der Waals surface area contributed by atoms with E-state index in [1.165, 1.54) is 5.52 Å². The minimum absolute atomic E-state index is 0. The molecule has 0 aliphatic carbocycles. The Morgan fingerprint density at radius 3 is 2.96 bits per heavy atom. The van der Waals surface area contributed by atoms with E-state index in [2.05, 4.69) is 58.9 Å². The first-order valence-electron chi connectivity index (χ1n) is 9.68. The van der Waals surface area contributed by atoms with Crippen LogP contribution in [0.15, 0.2) is 29.3 Å². The maximum atomic E-state index is 5.49. The third-order valence-electron chi connectivity index (χ3n) is 4.90. The van der Waals surface area contributed by atoms with E-state index in [0.717, 1.165) is 69.5 Å². The van der Waals surface area contributed by atoms with Crippen LogP contribution in [0.1, 0.15) is 25.6 Å². The SMILES string of the molecule is CCNC(=NCCCn1c(C)nc2ccccc21)N(C)CC1CCOC1.I. The number of rotatable bonds is 7. The lowest BCUT2D eigenvalue weighted by Crippen LogP contribution is -2.41. The molecule has 0 saturated carbocycles. The van der Waals surface area contributed by atoms with Gasteiger partial charge in [-0.2, -0.15) is 0 Å². The zero-order chi connectivity index (χ0) is 18.4. The number of ether oxygens (including phenoxy) is 1. The van der Waals surface area contributed by atoms with Gasteiger partial charge in [-0.25, -0.2) is 4.98 Å². The molecule has 1 unspecified atom stereocenters. The van der Waals surface area contributed by atoms with Crippen molar-refractivity contribution in [3.63, 3.8) is 0 Å². The zero-order valence-corrected chi connectivity index (χ0v) is 19.0. The first-order chi connectivity index (χ1) is 12.7. The predicted octanol–water partition coefficient (Wildman–Crippen LogP) is 3.29. The van der Waals surface area contributed by atoms with E-state index in [4.69, 9.17) is 9.73 Å². The van der Waals surface area contributed by atoms with E-state index in [-0.39, 0.29) is 24.0 Å². The summed E-state index contributed by atoms with van der Waals surface area (Å²) in [6, 6.07) is 8.32. The van der Waals surface area contributed by atoms with Gasteiger partial charge in [-0.05, 0) is 38.8 Å². The van der Waals surface area contributed by atoms with Crippen molar-refractivity contribution in [2.24, 2.45) is 10.9 Å². The third kappa shape index (κ3) is 5.81. The van der Waals surface area contributed by atoms with E-state index >= 15 is 0 Å². The highest BCUT2D eigenvalue weighted by Gasteiger charge is 2.19. The quantitative estimate of drug-likeness (QED) is 0.283. The third-order valence-corrected chi connectivity index (χ3v) is 4.90. The van der Waals surface area contributed by atoms with Crippen molar-refractivity contribution in [1.29, 1.82) is 0 Å². The number of aromatic nitrogens is 2. The van der Waals surface area contributed by atoms with Crippen molar-refractivity contribution < 1.29 is 4.74 Å². The Morgan fingerprint density at radius 2 is 2.22 bits per heavy atom. The summed E-state index contributed by atoms with van der Waals surface area (Å²) in [4.78, 5) is 11.7. The summed E-state index contributed by atoms with van der Waals surface area (Å²) in [5.74, 6) is 2.68. The smallest absolute Gasteiger partial charge is 0.193 e. The van der Waals surface area contributed by atoms with Crippen molar-refractivity contribution in [3.8, 4) is 0 Å². The van der Waals surface area contributed by atoms with Gasteiger partial charge in [0, 0.05) is 45.8 Å². The number of hydrogen-bond donors (Lipinski definition) is 1. The van der Waals surface area contributed by atoms with Crippen molar-refractivity contribution >= 4 is 41.0 Å². The largest absolute Gasteiger partial charge is 0.381 e. The molecule has 0 amide bonds. The molecule has 1 aromatic heterocycles. The van der Waals surface area contributed by atoms with Gasteiger partial charge in [0.25, 0.3) is 0 Å². The number of fused-ring (bicyclic) bond motifs is 1. The topological polar surface area (TPSA) is 54.7 Å². The van der Waals surface area contributed by atoms with Gasteiger partial charge in [-0.15, -0.1) is 24.0 Å². The summed E-state index contributed by atoms with van der Waals surface area (Å²) >= 11 is 0. The lowest BCUT2D eigenvalue weighted by atomic mass is 10.1. The van der Waals surface area contributed by atoms with Crippen LogP contribution >= 0.6 is 24.0 Å². The fraction of sp³-hybridized carbons (Fsp3) is 0.600. The van der Waals surface area contributed by atoms with Crippen LogP contribution in [0, 0.1) is 12.8 Å². The second-order valence-electron chi connectivity index (χ2n) is 7.00. The number of nitrogens with zero attached hydrogens (tertiary/aromatic N) is 4. The molecule has 1 N–H and O–H groups in total. The second-order valence-corrected chi connectivity index (χ2v) is 7.00. The molecule has 7 heteroatoms.